The molecule has 0 aliphatic heterocycles. The lowest BCUT2D eigenvalue weighted by Crippen LogP contribution is -2.15. The average molecular weight is 185 g/mol. The highest BCUT2D eigenvalue weighted by atomic mass is 32.2. The monoisotopic (exact) mass is 185 g/mol. The van der Waals surface area contributed by atoms with Gasteiger partial charge in [0.15, 0.2) is 0 Å². The molecule has 0 spiro atoms. The van der Waals surface area contributed by atoms with E-state index >= 15 is 0 Å². The lowest BCUT2D eigenvalue weighted by molar-refractivity contribution is 0.835. The Kier molecular flexibility index (Phi) is 5.34. The predicted octanol–water partition coefficient (Wildman–Crippen LogP) is 2.59. The highest BCUT2D eigenvalue weighted by Gasteiger charge is 2.16. The summed E-state index contributed by atoms with van der Waals surface area (Å²) < 4.78 is 0.235. The summed E-state index contributed by atoms with van der Waals surface area (Å²) in [5.41, 5.74) is 6.71. The summed E-state index contributed by atoms with van der Waals surface area (Å²) in [5.74, 6) is 0. The first kappa shape index (κ1) is 11.8. The van der Waals surface area contributed by atoms with Crippen LogP contribution in [-0.4, -0.2) is 17.5 Å². The molecule has 0 heterocycles. The van der Waals surface area contributed by atoms with Crippen molar-refractivity contribution >= 4 is 11.8 Å². The number of thioether (sulfide) groups is 1. The maximum atomic E-state index is 5.34. The molecule has 70 valence electrons. The van der Waals surface area contributed by atoms with Crippen molar-refractivity contribution in [3.05, 3.63) is 23.8 Å². The Morgan fingerprint density at radius 1 is 1.50 bits per heavy atom. The van der Waals surface area contributed by atoms with Crippen LogP contribution in [-0.2, 0) is 0 Å². The third-order valence-electron chi connectivity index (χ3n) is 2.08. The van der Waals surface area contributed by atoms with E-state index in [2.05, 4.69) is 33.1 Å². The van der Waals surface area contributed by atoms with Crippen molar-refractivity contribution < 1.29 is 0 Å². The zero-order chi connectivity index (χ0) is 9.61. The van der Waals surface area contributed by atoms with Crippen LogP contribution in [0.3, 0.4) is 0 Å². The number of rotatable bonds is 4. The van der Waals surface area contributed by atoms with Gasteiger partial charge in [-0.05, 0) is 27.0 Å². The van der Waals surface area contributed by atoms with Crippen LogP contribution in [0.25, 0.3) is 0 Å². The van der Waals surface area contributed by atoms with E-state index in [0.29, 0.717) is 6.54 Å². The predicted molar refractivity (Wildman–Crippen MR) is 59.5 cm³/mol. The molecular formula is C10H19NS. The van der Waals surface area contributed by atoms with Crippen molar-refractivity contribution in [2.45, 2.75) is 25.5 Å². The summed E-state index contributed by atoms with van der Waals surface area (Å²) in [5, 5.41) is 0. The van der Waals surface area contributed by atoms with Crippen molar-refractivity contribution in [2.24, 2.45) is 5.73 Å². The minimum atomic E-state index is 0.235. The van der Waals surface area contributed by atoms with Gasteiger partial charge in [0.1, 0.15) is 0 Å². The van der Waals surface area contributed by atoms with Gasteiger partial charge in [-0.2, -0.15) is 11.8 Å². The number of hydrogen-bond acceptors (Lipinski definition) is 2. The van der Waals surface area contributed by atoms with Crippen LogP contribution >= 0.6 is 11.8 Å². The van der Waals surface area contributed by atoms with Gasteiger partial charge >= 0.3 is 0 Å². The Balaban J connectivity index is 4.26. The van der Waals surface area contributed by atoms with Gasteiger partial charge < -0.3 is 5.73 Å². The van der Waals surface area contributed by atoms with E-state index in [1.54, 1.807) is 0 Å². The van der Waals surface area contributed by atoms with Crippen LogP contribution in [0.1, 0.15) is 20.8 Å². The first-order chi connectivity index (χ1) is 5.54. The van der Waals surface area contributed by atoms with Gasteiger partial charge in [0.25, 0.3) is 0 Å². The molecule has 0 aliphatic rings. The zero-order valence-corrected chi connectivity index (χ0v) is 9.24. The highest BCUT2D eigenvalue weighted by molar-refractivity contribution is 8.00. The molecule has 0 aliphatic carbocycles. The summed E-state index contributed by atoms with van der Waals surface area (Å²) in [7, 11) is 0. The number of nitrogens with two attached hydrogens (primary N) is 1. The second kappa shape index (κ2) is 5.44. The highest BCUT2D eigenvalue weighted by Crippen LogP contribution is 2.29. The van der Waals surface area contributed by atoms with Crippen LogP contribution in [0.15, 0.2) is 23.8 Å². The Hall–Kier alpha value is -0.210. The third kappa shape index (κ3) is 3.98. The fourth-order valence-electron chi connectivity index (χ4n) is 0.653. The Labute approximate surface area is 80.1 Å². The van der Waals surface area contributed by atoms with Gasteiger partial charge in [0.05, 0.1) is 0 Å². The van der Waals surface area contributed by atoms with Crippen LogP contribution in [0, 0.1) is 0 Å². The molecule has 0 saturated carbocycles. The van der Waals surface area contributed by atoms with Crippen LogP contribution in [0.4, 0.5) is 0 Å². The fourth-order valence-corrected chi connectivity index (χ4v) is 1.04. The van der Waals surface area contributed by atoms with Gasteiger partial charge in [0.2, 0.25) is 0 Å². The molecule has 2 heteroatoms. The van der Waals surface area contributed by atoms with Gasteiger partial charge in [-0.3, -0.25) is 0 Å². The standard InChI is InChI=1S/C10H19NS/c1-9(7-5-6-8-11)10(2,3)12-4/h5-7H,8,11H2,1-4H3. The van der Waals surface area contributed by atoms with Crippen LogP contribution < -0.4 is 5.73 Å². The number of hydrogen-bond donors (Lipinski definition) is 1. The topological polar surface area (TPSA) is 26.0 Å². The summed E-state index contributed by atoms with van der Waals surface area (Å²) in [6, 6.07) is 0. The maximum Gasteiger partial charge on any atom is 0.0309 e. The SMILES string of the molecule is CSC(C)(C)C(C)=CC=CCN. The molecular weight excluding hydrogens is 166 g/mol. The lowest BCUT2D eigenvalue weighted by atomic mass is 10.0. The van der Waals surface area contributed by atoms with Crippen LogP contribution in [0.5, 0.6) is 0 Å². The van der Waals surface area contributed by atoms with Crippen molar-refractivity contribution in [2.75, 3.05) is 12.8 Å². The van der Waals surface area contributed by atoms with Crippen LogP contribution in [0.2, 0.25) is 0 Å². The number of allylic oxidation sites excluding steroid dienone is 2. The molecule has 2 N–H and O–H groups in total. The smallest absolute Gasteiger partial charge is 0.0309 e. The zero-order valence-electron chi connectivity index (χ0n) is 8.42. The van der Waals surface area contributed by atoms with E-state index in [4.69, 9.17) is 5.73 Å². The molecule has 12 heavy (non-hydrogen) atoms. The minimum Gasteiger partial charge on any atom is -0.327 e. The molecule has 0 saturated heterocycles. The summed E-state index contributed by atoms with van der Waals surface area (Å²) in [6.45, 7) is 7.21. The molecule has 0 fully saturated rings. The van der Waals surface area contributed by atoms with E-state index in [0.717, 1.165) is 0 Å². The molecule has 0 unspecified atom stereocenters. The first-order valence-electron chi connectivity index (χ1n) is 4.13. The molecule has 0 amide bonds. The van der Waals surface area contributed by atoms with Gasteiger partial charge in [0, 0.05) is 11.3 Å². The summed E-state index contributed by atoms with van der Waals surface area (Å²) in [6.07, 6.45) is 8.24. The molecule has 0 atom stereocenters. The largest absolute Gasteiger partial charge is 0.327 e. The average Bonchev–Trinajstić information content (AvgIpc) is 2.05. The fraction of sp³-hybridized carbons (Fsp3) is 0.600. The van der Waals surface area contributed by atoms with Gasteiger partial charge in [-0.1, -0.05) is 23.8 Å². The summed E-state index contributed by atoms with van der Waals surface area (Å²) >= 11 is 1.86. The van der Waals surface area contributed by atoms with Crippen molar-refractivity contribution in [1.82, 2.24) is 0 Å². The lowest BCUT2D eigenvalue weighted by Gasteiger charge is -2.22. The summed E-state index contributed by atoms with van der Waals surface area (Å²) in [4.78, 5) is 0. The van der Waals surface area contributed by atoms with E-state index in [1.807, 2.05) is 23.9 Å². The Morgan fingerprint density at radius 3 is 2.50 bits per heavy atom. The van der Waals surface area contributed by atoms with E-state index in [-0.39, 0.29) is 4.75 Å². The van der Waals surface area contributed by atoms with Crippen molar-refractivity contribution in [3.63, 3.8) is 0 Å². The Bertz CT molecular complexity index is 180. The maximum absolute atomic E-state index is 5.34. The molecule has 0 rings (SSSR count). The normalized spacial score (nSPS) is 14.2. The third-order valence-corrected chi connectivity index (χ3v) is 3.42. The molecule has 0 aromatic rings. The first-order valence-corrected chi connectivity index (χ1v) is 5.36. The molecule has 0 aromatic carbocycles. The van der Waals surface area contributed by atoms with Crippen molar-refractivity contribution in [3.8, 4) is 0 Å². The quantitative estimate of drug-likeness (QED) is 0.681. The van der Waals surface area contributed by atoms with Gasteiger partial charge in [-0.15, -0.1) is 0 Å². The molecule has 0 radical (unpaired) electrons. The Morgan fingerprint density at radius 2 is 2.08 bits per heavy atom. The second-order valence-corrected chi connectivity index (χ2v) is 4.66. The van der Waals surface area contributed by atoms with Gasteiger partial charge in [-0.25, -0.2) is 0 Å². The van der Waals surface area contributed by atoms with E-state index in [1.165, 1.54) is 5.57 Å². The minimum absolute atomic E-state index is 0.235. The molecule has 0 aromatic heterocycles. The van der Waals surface area contributed by atoms with E-state index in [9.17, 15) is 0 Å². The molecule has 0 bridgehead atoms. The molecule has 1 nitrogen and oxygen atoms in total. The van der Waals surface area contributed by atoms with E-state index < -0.39 is 0 Å². The van der Waals surface area contributed by atoms with Crippen molar-refractivity contribution in [1.29, 1.82) is 0 Å². The second-order valence-electron chi connectivity index (χ2n) is 3.23.